The average Bonchev–Trinajstić information content (AvgIpc) is 2.93. The molecule has 0 radical (unpaired) electrons. The van der Waals surface area contributed by atoms with Crippen molar-refractivity contribution in [2.75, 3.05) is 31.1 Å². The second-order valence-corrected chi connectivity index (χ2v) is 6.40. The highest BCUT2D eigenvalue weighted by Crippen LogP contribution is 2.18. The largest absolute Gasteiger partial charge is 0.444 e. The molecule has 1 aliphatic rings. The molecule has 0 saturated carbocycles. The van der Waals surface area contributed by atoms with Crippen LogP contribution in [0.3, 0.4) is 0 Å². The van der Waals surface area contributed by atoms with Crippen molar-refractivity contribution in [2.24, 2.45) is 0 Å². The van der Waals surface area contributed by atoms with Crippen LogP contribution in [0.1, 0.15) is 20.8 Å². The van der Waals surface area contributed by atoms with Crippen LogP contribution in [0.25, 0.3) is 11.2 Å². The molecule has 0 unspecified atom stereocenters. The van der Waals surface area contributed by atoms with Gasteiger partial charge in [-0.1, -0.05) is 0 Å². The van der Waals surface area contributed by atoms with Crippen LogP contribution in [0.15, 0.2) is 18.5 Å². The van der Waals surface area contributed by atoms with Gasteiger partial charge >= 0.3 is 6.09 Å². The number of nitrogens with zero attached hydrogens (tertiary/aromatic N) is 4. The Balaban J connectivity index is 1.62. The SMILES string of the molecule is CC(C)(C)OC(=O)N1CCN(c2ccc3[nH]cnc3n2)CC1. The van der Waals surface area contributed by atoms with Gasteiger partial charge in [0.1, 0.15) is 11.4 Å². The number of piperazine rings is 1. The van der Waals surface area contributed by atoms with Crippen LogP contribution >= 0.6 is 0 Å². The van der Waals surface area contributed by atoms with E-state index in [1.54, 1.807) is 11.2 Å². The molecule has 2 aromatic heterocycles. The van der Waals surface area contributed by atoms with Crippen molar-refractivity contribution in [3.63, 3.8) is 0 Å². The first kappa shape index (κ1) is 14.6. The molecule has 1 N–H and O–H groups in total. The molecule has 3 heterocycles. The Kier molecular flexibility index (Phi) is 3.64. The van der Waals surface area contributed by atoms with Gasteiger partial charge in [-0.15, -0.1) is 0 Å². The molecule has 118 valence electrons. The van der Waals surface area contributed by atoms with Gasteiger partial charge in [-0.25, -0.2) is 14.8 Å². The fourth-order valence-electron chi connectivity index (χ4n) is 2.43. The zero-order chi connectivity index (χ0) is 15.7. The van der Waals surface area contributed by atoms with Crippen LogP contribution < -0.4 is 4.90 Å². The van der Waals surface area contributed by atoms with Crippen molar-refractivity contribution in [1.82, 2.24) is 19.9 Å². The lowest BCUT2D eigenvalue weighted by atomic mass is 10.2. The van der Waals surface area contributed by atoms with Crippen LogP contribution in [0, 0.1) is 0 Å². The Morgan fingerprint density at radius 3 is 2.64 bits per heavy atom. The molecule has 7 nitrogen and oxygen atoms in total. The minimum atomic E-state index is -0.458. The summed E-state index contributed by atoms with van der Waals surface area (Å²) in [7, 11) is 0. The van der Waals surface area contributed by atoms with Gasteiger partial charge < -0.3 is 19.5 Å². The number of H-pyrrole nitrogens is 1. The lowest BCUT2D eigenvalue weighted by molar-refractivity contribution is 0.0240. The van der Waals surface area contributed by atoms with Gasteiger partial charge in [-0.3, -0.25) is 0 Å². The molecule has 0 aromatic carbocycles. The molecule has 7 heteroatoms. The second-order valence-electron chi connectivity index (χ2n) is 6.40. The van der Waals surface area contributed by atoms with E-state index < -0.39 is 5.60 Å². The average molecular weight is 303 g/mol. The van der Waals surface area contributed by atoms with Gasteiger partial charge in [0.15, 0.2) is 5.65 Å². The number of anilines is 1. The van der Waals surface area contributed by atoms with Crippen molar-refractivity contribution in [3.05, 3.63) is 18.5 Å². The molecule has 1 aliphatic heterocycles. The van der Waals surface area contributed by atoms with Gasteiger partial charge in [0.25, 0.3) is 0 Å². The number of imidazole rings is 1. The van der Waals surface area contributed by atoms with E-state index in [-0.39, 0.29) is 6.09 Å². The second kappa shape index (κ2) is 5.47. The normalized spacial score (nSPS) is 16.1. The molecule has 0 atom stereocenters. The molecule has 0 aliphatic carbocycles. The maximum absolute atomic E-state index is 12.1. The van der Waals surface area contributed by atoms with E-state index in [0.29, 0.717) is 18.7 Å². The lowest BCUT2D eigenvalue weighted by Crippen LogP contribution is -2.50. The van der Waals surface area contributed by atoms with Crippen LogP contribution in [0.4, 0.5) is 10.6 Å². The molecule has 3 rings (SSSR count). The fraction of sp³-hybridized carbons (Fsp3) is 0.533. The van der Waals surface area contributed by atoms with Crippen molar-refractivity contribution >= 4 is 23.1 Å². The third-order valence-electron chi connectivity index (χ3n) is 3.52. The van der Waals surface area contributed by atoms with E-state index in [0.717, 1.165) is 24.4 Å². The number of hydrogen-bond donors (Lipinski definition) is 1. The van der Waals surface area contributed by atoms with Crippen molar-refractivity contribution in [1.29, 1.82) is 0 Å². The minimum Gasteiger partial charge on any atom is -0.444 e. The van der Waals surface area contributed by atoms with Crippen molar-refractivity contribution in [2.45, 2.75) is 26.4 Å². The number of fused-ring (bicyclic) bond motifs is 1. The standard InChI is InChI=1S/C15H21N5O2/c1-15(2,3)22-14(21)20-8-6-19(7-9-20)12-5-4-11-13(18-12)17-10-16-11/h4-5,10H,6-9H2,1-3H3,(H,16,17,18). The van der Waals surface area contributed by atoms with Gasteiger partial charge in [0.05, 0.1) is 11.8 Å². The maximum atomic E-state index is 12.1. The smallest absolute Gasteiger partial charge is 0.410 e. The molecule has 0 bridgehead atoms. The number of aromatic amines is 1. The summed E-state index contributed by atoms with van der Waals surface area (Å²) >= 11 is 0. The highest BCUT2D eigenvalue weighted by molar-refractivity contribution is 5.72. The summed E-state index contributed by atoms with van der Waals surface area (Å²) in [6, 6.07) is 3.95. The molecule has 0 spiro atoms. The summed E-state index contributed by atoms with van der Waals surface area (Å²) in [6.45, 7) is 8.38. The number of ether oxygens (including phenoxy) is 1. The zero-order valence-electron chi connectivity index (χ0n) is 13.2. The summed E-state index contributed by atoms with van der Waals surface area (Å²) in [5.41, 5.74) is 1.18. The van der Waals surface area contributed by atoms with Gasteiger partial charge in [0, 0.05) is 26.2 Å². The number of rotatable bonds is 1. The zero-order valence-corrected chi connectivity index (χ0v) is 13.2. The summed E-state index contributed by atoms with van der Waals surface area (Å²) in [5, 5.41) is 0. The van der Waals surface area contributed by atoms with E-state index in [9.17, 15) is 4.79 Å². The molecule has 1 amide bonds. The Morgan fingerprint density at radius 2 is 1.95 bits per heavy atom. The van der Waals surface area contributed by atoms with E-state index in [1.165, 1.54) is 0 Å². The van der Waals surface area contributed by atoms with Crippen molar-refractivity contribution < 1.29 is 9.53 Å². The number of carbonyl (C=O) groups is 1. The van der Waals surface area contributed by atoms with Gasteiger partial charge in [0.2, 0.25) is 0 Å². The number of nitrogens with one attached hydrogen (secondary N) is 1. The van der Waals surface area contributed by atoms with E-state index in [2.05, 4.69) is 19.9 Å². The molecule has 22 heavy (non-hydrogen) atoms. The Hall–Kier alpha value is -2.31. The Morgan fingerprint density at radius 1 is 1.23 bits per heavy atom. The number of hydrogen-bond acceptors (Lipinski definition) is 5. The molecule has 1 fully saturated rings. The van der Waals surface area contributed by atoms with Gasteiger partial charge in [-0.2, -0.15) is 0 Å². The van der Waals surface area contributed by atoms with E-state index >= 15 is 0 Å². The summed E-state index contributed by atoms with van der Waals surface area (Å²) in [4.78, 5) is 27.7. The maximum Gasteiger partial charge on any atom is 0.410 e. The van der Waals surface area contributed by atoms with E-state index in [1.807, 2.05) is 32.9 Å². The fourth-order valence-corrected chi connectivity index (χ4v) is 2.43. The molecule has 2 aromatic rings. The predicted octanol–water partition coefficient (Wildman–Crippen LogP) is 2.01. The summed E-state index contributed by atoms with van der Waals surface area (Å²) < 4.78 is 5.40. The Bertz CT molecular complexity index is 668. The molecule has 1 saturated heterocycles. The predicted molar refractivity (Wildman–Crippen MR) is 83.9 cm³/mol. The third kappa shape index (κ3) is 3.13. The van der Waals surface area contributed by atoms with Crippen LogP contribution in [-0.4, -0.2) is 57.7 Å². The first-order valence-corrected chi connectivity index (χ1v) is 7.45. The first-order chi connectivity index (χ1) is 10.4. The number of amides is 1. The van der Waals surface area contributed by atoms with Crippen LogP contribution in [0.2, 0.25) is 0 Å². The Labute approximate surface area is 129 Å². The number of aromatic nitrogens is 3. The topological polar surface area (TPSA) is 74.3 Å². The summed E-state index contributed by atoms with van der Waals surface area (Å²) in [6.07, 6.45) is 1.39. The molecular formula is C15H21N5O2. The first-order valence-electron chi connectivity index (χ1n) is 7.45. The summed E-state index contributed by atoms with van der Waals surface area (Å²) in [5.74, 6) is 0.892. The molecular weight excluding hydrogens is 282 g/mol. The van der Waals surface area contributed by atoms with Gasteiger partial charge in [-0.05, 0) is 32.9 Å². The highest BCUT2D eigenvalue weighted by atomic mass is 16.6. The quantitative estimate of drug-likeness (QED) is 0.872. The number of carbonyl (C=O) groups excluding carboxylic acids is 1. The van der Waals surface area contributed by atoms with Crippen molar-refractivity contribution in [3.8, 4) is 0 Å². The van der Waals surface area contributed by atoms with E-state index in [4.69, 9.17) is 4.74 Å². The minimum absolute atomic E-state index is 0.247. The highest BCUT2D eigenvalue weighted by Gasteiger charge is 2.26. The third-order valence-corrected chi connectivity index (χ3v) is 3.52. The van der Waals surface area contributed by atoms with Crippen LogP contribution in [-0.2, 0) is 4.74 Å². The monoisotopic (exact) mass is 303 g/mol. The van der Waals surface area contributed by atoms with Crippen LogP contribution in [0.5, 0.6) is 0 Å². The lowest BCUT2D eigenvalue weighted by Gasteiger charge is -2.36. The number of pyridine rings is 1.